The molecule has 1 N–H and O–H groups in total. The standard InChI is InChI=1S/C28H28N2O5/c1-6-34-27-18(3)28-23(24(16-35-28)22-13-20(32-4)9-10-25(22)33-5)14-21(27)17(2)12-26(31)30-19-8-7-11-29-15-19/h7-16H,6H2,1-5H3,(H,30,31)/b17-12+. The van der Waals surface area contributed by atoms with Gasteiger partial charge in [-0.2, -0.15) is 0 Å². The second-order valence-electron chi connectivity index (χ2n) is 7.96. The van der Waals surface area contributed by atoms with Crippen molar-refractivity contribution >= 4 is 28.1 Å². The molecule has 0 saturated carbocycles. The number of hydrogen-bond acceptors (Lipinski definition) is 6. The van der Waals surface area contributed by atoms with Crippen molar-refractivity contribution in [3.05, 3.63) is 72.3 Å². The second-order valence-corrected chi connectivity index (χ2v) is 7.96. The fourth-order valence-corrected chi connectivity index (χ4v) is 4.06. The van der Waals surface area contributed by atoms with Crippen molar-refractivity contribution in [2.24, 2.45) is 0 Å². The number of allylic oxidation sites excluding steroid dienone is 1. The summed E-state index contributed by atoms with van der Waals surface area (Å²) in [7, 11) is 3.26. The van der Waals surface area contributed by atoms with Crippen molar-refractivity contribution in [1.29, 1.82) is 0 Å². The number of anilines is 1. The minimum atomic E-state index is -0.252. The van der Waals surface area contributed by atoms with Gasteiger partial charge in [0, 0.05) is 39.9 Å². The van der Waals surface area contributed by atoms with Gasteiger partial charge in [0.05, 0.1) is 39.0 Å². The summed E-state index contributed by atoms with van der Waals surface area (Å²) >= 11 is 0. The summed E-state index contributed by atoms with van der Waals surface area (Å²) in [4.78, 5) is 16.7. The Morgan fingerprint density at radius 2 is 1.97 bits per heavy atom. The zero-order valence-electron chi connectivity index (χ0n) is 20.5. The Kier molecular flexibility index (Phi) is 7.06. The lowest BCUT2D eigenvalue weighted by atomic mass is 9.96. The Balaban J connectivity index is 1.84. The number of ether oxygens (including phenoxy) is 3. The zero-order chi connectivity index (χ0) is 24.9. The molecule has 0 unspecified atom stereocenters. The van der Waals surface area contributed by atoms with Crippen LogP contribution in [0.3, 0.4) is 0 Å². The molecular formula is C28H28N2O5. The Labute approximate surface area is 204 Å². The van der Waals surface area contributed by atoms with Gasteiger partial charge in [0.25, 0.3) is 0 Å². The predicted molar refractivity (Wildman–Crippen MR) is 137 cm³/mol. The SMILES string of the molecule is CCOc1c(/C(C)=C/C(=O)Nc2cccnc2)cc2c(-c3cc(OC)ccc3OC)coc2c1C. The zero-order valence-corrected chi connectivity index (χ0v) is 20.5. The molecule has 2 aromatic carbocycles. The molecule has 0 atom stereocenters. The lowest BCUT2D eigenvalue weighted by molar-refractivity contribution is -0.111. The first-order valence-corrected chi connectivity index (χ1v) is 11.3. The monoisotopic (exact) mass is 472 g/mol. The average Bonchev–Trinajstić information content (AvgIpc) is 3.29. The van der Waals surface area contributed by atoms with E-state index in [0.29, 0.717) is 35.1 Å². The van der Waals surface area contributed by atoms with E-state index in [4.69, 9.17) is 18.6 Å². The molecule has 2 aromatic heterocycles. The van der Waals surface area contributed by atoms with Gasteiger partial charge < -0.3 is 23.9 Å². The first-order chi connectivity index (χ1) is 17.0. The maximum absolute atomic E-state index is 12.7. The van der Waals surface area contributed by atoms with Crippen molar-refractivity contribution in [2.75, 3.05) is 26.1 Å². The van der Waals surface area contributed by atoms with E-state index in [-0.39, 0.29) is 5.91 Å². The number of fused-ring (bicyclic) bond motifs is 1. The molecule has 0 aliphatic rings. The van der Waals surface area contributed by atoms with Crippen molar-refractivity contribution in [1.82, 2.24) is 4.98 Å². The van der Waals surface area contributed by atoms with Gasteiger partial charge in [0.2, 0.25) is 5.91 Å². The number of nitrogens with one attached hydrogen (secondary N) is 1. The van der Waals surface area contributed by atoms with E-state index in [1.807, 2.05) is 45.0 Å². The number of carbonyl (C=O) groups is 1. The van der Waals surface area contributed by atoms with Crippen LogP contribution in [0.2, 0.25) is 0 Å². The number of amides is 1. The Morgan fingerprint density at radius 3 is 2.66 bits per heavy atom. The van der Waals surface area contributed by atoms with Crippen LogP contribution in [0.15, 0.2) is 65.5 Å². The predicted octanol–water partition coefficient (Wildman–Crippen LogP) is 6.26. The van der Waals surface area contributed by atoms with Crippen LogP contribution in [0, 0.1) is 6.92 Å². The third-order valence-corrected chi connectivity index (χ3v) is 5.73. The van der Waals surface area contributed by atoms with Crippen LogP contribution < -0.4 is 19.5 Å². The molecule has 7 heteroatoms. The van der Waals surface area contributed by atoms with Gasteiger partial charge in [-0.25, -0.2) is 0 Å². The molecule has 0 saturated heterocycles. The first-order valence-electron chi connectivity index (χ1n) is 11.3. The maximum Gasteiger partial charge on any atom is 0.248 e. The van der Waals surface area contributed by atoms with Crippen LogP contribution in [0.1, 0.15) is 25.0 Å². The molecule has 1 amide bonds. The highest BCUT2D eigenvalue weighted by molar-refractivity contribution is 6.06. The van der Waals surface area contributed by atoms with E-state index in [0.717, 1.165) is 33.2 Å². The second kappa shape index (κ2) is 10.3. The Hall–Kier alpha value is -4.26. The Bertz CT molecular complexity index is 1390. The number of rotatable bonds is 8. The number of aryl methyl sites for hydroxylation is 1. The summed E-state index contributed by atoms with van der Waals surface area (Å²) in [5.74, 6) is 1.84. The van der Waals surface area contributed by atoms with Gasteiger partial charge in [-0.05, 0) is 62.7 Å². The number of benzene rings is 2. The summed E-state index contributed by atoms with van der Waals surface area (Å²) in [6.45, 7) is 6.25. The normalized spacial score (nSPS) is 11.4. The fourth-order valence-electron chi connectivity index (χ4n) is 4.06. The average molecular weight is 473 g/mol. The van der Waals surface area contributed by atoms with E-state index in [1.165, 1.54) is 0 Å². The van der Waals surface area contributed by atoms with Gasteiger partial charge in [-0.3, -0.25) is 9.78 Å². The van der Waals surface area contributed by atoms with Gasteiger partial charge in [0.15, 0.2) is 0 Å². The third kappa shape index (κ3) is 4.84. The van der Waals surface area contributed by atoms with Crippen LogP contribution in [0.5, 0.6) is 17.2 Å². The summed E-state index contributed by atoms with van der Waals surface area (Å²) in [5, 5.41) is 3.72. The van der Waals surface area contributed by atoms with Crippen LogP contribution in [0.25, 0.3) is 27.7 Å². The summed E-state index contributed by atoms with van der Waals surface area (Å²) in [6.07, 6.45) is 6.52. The minimum absolute atomic E-state index is 0.252. The van der Waals surface area contributed by atoms with Gasteiger partial charge in [-0.1, -0.05) is 0 Å². The number of furan rings is 1. The number of methoxy groups -OCH3 is 2. The molecule has 35 heavy (non-hydrogen) atoms. The lowest BCUT2D eigenvalue weighted by Crippen LogP contribution is -2.09. The van der Waals surface area contributed by atoms with Crippen LogP contribution >= 0.6 is 0 Å². The quantitative estimate of drug-likeness (QED) is 0.305. The Morgan fingerprint density at radius 1 is 1.14 bits per heavy atom. The van der Waals surface area contributed by atoms with E-state index >= 15 is 0 Å². The lowest BCUT2D eigenvalue weighted by Gasteiger charge is -2.15. The topological polar surface area (TPSA) is 82.8 Å². The minimum Gasteiger partial charge on any atom is -0.497 e. The number of nitrogens with zero attached hydrogens (tertiary/aromatic N) is 1. The molecule has 0 spiro atoms. The molecule has 0 radical (unpaired) electrons. The third-order valence-electron chi connectivity index (χ3n) is 5.73. The molecular weight excluding hydrogens is 444 g/mol. The molecule has 4 rings (SSSR count). The van der Waals surface area contributed by atoms with Crippen LogP contribution in [-0.2, 0) is 4.79 Å². The maximum atomic E-state index is 12.7. The molecule has 2 heterocycles. The molecule has 7 nitrogen and oxygen atoms in total. The van der Waals surface area contributed by atoms with Crippen molar-refractivity contribution in [3.8, 4) is 28.4 Å². The van der Waals surface area contributed by atoms with E-state index in [9.17, 15) is 4.79 Å². The summed E-state index contributed by atoms with van der Waals surface area (Å²) in [5.41, 5.74) is 5.46. The van der Waals surface area contributed by atoms with Gasteiger partial charge in [-0.15, -0.1) is 0 Å². The van der Waals surface area contributed by atoms with Gasteiger partial charge >= 0.3 is 0 Å². The highest BCUT2D eigenvalue weighted by atomic mass is 16.5. The largest absolute Gasteiger partial charge is 0.497 e. The summed E-state index contributed by atoms with van der Waals surface area (Å²) in [6, 6.07) is 11.2. The molecule has 0 aliphatic heterocycles. The number of hydrogen-bond donors (Lipinski definition) is 1. The highest BCUT2D eigenvalue weighted by Gasteiger charge is 2.21. The number of pyridine rings is 1. The van der Waals surface area contributed by atoms with E-state index < -0.39 is 0 Å². The fraction of sp³-hybridized carbons (Fsp3) is 0.214. The van der Waals surface area contributed by atoms with Gasteiger partial charge in [0.1, 0.15) is 22.8 Å². The molecule has 0 aliphatic carbocycles. The molecule has 0 bridgehead atoms. The molecule has 0 fully saturated rings. The van der Waals surface area contributed by atoms with E-state index in [2.05, 4.69) is 10.3 Å². The van der Waals surface area contributed by atoms with Crippen molar-refractivity contribution in [3.63, 3.8) is 0 Å². The van der Waals surface area contributed by atoms with Crippen molar-refractivity contribution < 1.29 is 23.4 Å². The molecule has 4 aromatic rings. The smallest absolute Gasteiger partial charge is 0.248 e. The first kappa shape index (κ1) is 23.9. The number of carbonyl (C=O) groups excluding carboxylic acids is 1. The number of aromatic nitrogens is 1. The highest BCUT2D eigenvalue weighted by Crippen LogP contribution is 2.43. The van der Waals surface area contributed by atoms with Crippen molar-refractivity contribution in [2.45, 2.75) is 20.8 Å². The van der Waals surface area contributed by atoms with Crippen LogP contribution in [-0.4, -0.2) is 31.7 Å². The van der Waals surface area contributed by atoms with E-state index in [1.54, 1.807) is 51.1 Å². The van der Waals surface area contributed by atoms with Crippen LogP contribution in [0.4, 0.5) is 5.69 Å². The molecule has 180 valence electrons. The summed E-state index contributed by atoms with van der Waals surface area (Å²) < 4.78 is 23.0.